The first-order valence-electron chi connectivity index (χ1n) is 11.1. The van der Waals surface area contributed by atoms with Crippen LogP contribution >= 0.6 is 0 Å². The lowest BCUT2D eigenvalue weighted by Gasteiger charge is -2.14. The Morgan fingerprint density at radius 1 is 1.06 bits per heavy atom. The van der Waals surface area contributed by atoms with Crippen molar-refractivity contribution in [1.82, 2.24) is 25.6 Å². The summed E-state index contributed by atoms with van der Waals surface area (Å²) in [6.07, 6.45) is -0.102. The third-order valence-corrected chi connectivity index (χ3v) is 5.52. The number of rotatable bonds is 9. The Balaban J connectivity index is 1.76. The number of aryl methyl sites for hydroxylation is 3. The number of aliphatic hydroxyl groups is 1. The smallest absolute Gasteiger partial charge is 0.160 e. The molecule has 1 atom stereocenters. The highest BCUT2D eigenvalue weighted by Crippen LogP contribution is 2.32. The SMILES string of the molecule is CNCC(O)COc1cccc(-c2nc(Cc3cc(C)on3)c(C)c(-c3c(C)noc3C)n2)c1. The number of hydrogen-bond donors (Lipinski definition) is 2. The first-order chi connectivity index (χ1) is 16.4. The van der Waals surface area contributed by atoms with Gasteiger partial charge >= 0.3 is 0 Å². The molecule has 0 bridgehead atoms. The number of nitrogens with zero attached hydrogens (tertiary/aromatic N) is 4. The predicted molar refractivity (Wildman–Crippen MR) is 127 cm³/mol. The summed E-state index contributed by atoms with van der Waals surface area (Å²) in [6, 6.07) is 9.44. The van der Waals surface area contributed by atoms with E-state index >= 15 is 0 Å². The Morgan fingerprint density at radius 3 is 2.56 bits per heavy atom. The van der Waals surface area contributed by atoms with Gasteiger partial charge in [-0.2, -0.15) is 0 Å². The molecule has 3 aromatic heterocycles. The van der Waals surface area contributed by atoms with Crippen LogP contribution < -0.4 is 10.1 Å². The molecule has 0 aliphatic carbocycles. The molecule has 9 heteroatoms. The molecule has 2 N–H and O–H groups in total. The van der Waals surface area contributed by atoms with Gasteiger partial charge < -0.3 is 24.2 Å². The maximum Gasteiger partial charge on any atom is 0.160 e. The van der Waals surface area contributed by atoms with E-state index in [0.29, 0.717) is 30.3 Å². The fraction of sp³-hybridized carbons (Fsp3) is 0.360. The van der Waals surface area contributed by atoms with E-state index in [1.807, 2.05) is 58.0 Å². The van der Waals surface area contributed by atoms with E-state index in [9.17, 15) is 5.11 Å². The number of likely N-dealkylation sites (N-methyl/N-ethyl adjacent to an activating group) is 1. The lowest BCUT2D eigenvalue weighted by atomic mass is 10.0. The van der Waals surface area contributed by atoms with E-state index in [4.69, 9.17) is 23.8 Å². The monoisotopic (exact) mass is 463 g/mol. The molecular formula is C25H29N5O4. The van der Waals surface area contributed by atoms with Gasteiger partial charge in [0.15, 0.2) is 5.82 Å². The van der Waals surface area contributed by atoms with E-state index in [1.165, 1.54) is 0 Å². The summed E-state index contributed by atoms with van der Waals surface area (Å²) in [5, 5.41) is 21.1. The number of ether oxygens (including phenoxy) is 1. The molecule has 1 aromatic carbocycles. The second-order valence-electron chi connectivity index (χ2n) is 8.32. The van der Waals surface area contributed by atoms with Gasteiger partial charge in [0, 0.05) is 24.6 Å². The zero-order valence-electron chi connectivity index (χ0n) is 20.0. The number of aliphatic hydroxyl groups excluding tert-OH is 1. The molecule has 0 saturated heterocycles. The molecule has 178 valence electrons. The highest BCUT2D eigenvalue weighted by molar-refractivity contribution is 5.71. The molecule has 0 amide bonds. The van der Waals surface area contributed by atoms with Crippen molar-refractivity contribution in [3.8, 4) is 28.4 Å². The summed E-state index contributed by atoms with van der Waals surface area (Å²) in [5.74, 6) is 2.63. The Kier molecular flexibility index (Phi) is 7.04. The van der Waals surface area contributed by atoms with Gasteiger partial charge in [-0.15, -0.1) is 0 Å². The van der Waals surface area contributed by atoms with Crippen LogP contribution in [0.25, 0.3) is 22.6 Å². The summed E-state index contributed by atoms with van der Waals surface area (Å²) in [4.78, 5) is 9.79. The standard InChI is InChI=1S/C25H29N5O4/c1-14-9-19(30-33-14)11-22-15(2)24(23-16(3)29-34-17(23)4)28-25(27-22)18-7-6-8-21(10-18)32-13-20(31)12-26-5/h6-10,20,26,31H,11-13H2,1-5H3. The second kappa shape index (κ2) is 10.1. The number of nitrogens with one attached hydrogen (secondary N) is 1. The Bertz CT molecular complexity index is 1260. The van der Waals surface area contributed by atoms with Crippen molar-refractivity contribution in [2.24, 2.45) is 0 Å². The Labute approximate surface area is 198 Å². The van der Waals surface area contributed by atoms with Crippen LogP contribution in [0.3, 0.4) is 0 Å². The molecule has 3 heterocycles. The van der Waals surface area contributed by atoms with E-state index in [2.05, 4.69) is 15.6 Å². The first kappa shape index (κ1) is 23.6. The first-order valence-corrected chi connectivity index (χ1v) is 11.1. The van der Waals surface area contributed by atoms with Gasteiger partial charge in [-0.25, -0.2) is 9.97 Å². The summed E-state index contributed by atoms with van der Waals surface area (Å²) in [6.45, 7) is 8.27. The zero-order chi connectivity index (χ0) is 24.2. The molecule has 1 unspecified atom stereocenters. The molecule has 4 aromatic rings. The summed E-state index contributed by atoms with van der Waals surface area (Å²) < 4.78 is 16.5. The molecule has 0 aliphatic heterocycles. The van der Waals surface area contributed by atoms with Crippen molar-refractivity contribution in [3.63, 3.8) is 0 Å². The van der Waals surface area contributed by atoms with Gasteiger partial charge in [-0.1, -0.05) is 22.4 Å². The minimum atomic E-state index is -0.604. The highest BCUT2D eigenvalue weighted by Gasteiger charge is 2.21. The van der Waals surface area contributed by atoms with Gasteiger partial charge in [0.1, 0.15) is 30.0 Å². The van der Waals surface area contributed by atoms with E-state index < -0.39 is 6.10 Å². The van der Waals surface area contributed by atoms with Crippen LogP contribution in [0.2, 0.25) is 0 Å². The molecule has 0 aliphatic rings. The van der Waals surface area contributed by atoms with Gasteiger partial charge in [-0.05, 0) is 52.4 Å². The number of aromatic nitrogens is 4. The highest BCUT2D eigenvalue weighted by atomic mass is 16.5. The lowest BCUT2D eigenvalue weighted by Crippen LogP contribution is -2.29. The Hall–Kier alpha value is -3.56. The topological polar surface area (TPSA) is 119 Å². The van der Waals surface area contributed by atoms with Crippen LogP contribution in [0, 0.1) is 27.7 Å². The summed E-state index contributed by atoms with van der Waals surface area (Å²) >= 11 is 0. The van der Waals surface area contributed by atoms with Crippen LogP contribution in [0.5, 0.6) is 5.75 Å². The molecule has 4 rings (SSSR count). The van der Waals surface area contributed by atoms with Crippen LogP contribution in [0.4, 0.5) is 0 Å². The van der Waals surface area contributed by atoms with Gasteiger partial charge in [0.2, 0.25) is 0 Å². The lowest BCUT2D eigenvalue weighted by molar-refractivity contribution is 0.108. The average Bonchev–Trinajstić information content (AvgIpc) is 3.38. The predicted octanol–water partition coefficient (Wildman–Crippen LogP) is 3.57. The minimum absolute atomic E-state index is 0.181. The van der Waals surface area contributed by atoms with E-state index in [-0.39, 0.29) is 6.61 Å². The van der Waals surface area contributed by atoms with Crippen molar-refractivity contribution < 1.29 is 18.9 Å². The third kappa shape index (κ3) is 5.16. The Morgan fingerprint density at radius 2 is 1.88 bits per heavy atom. The normalized spacial score (nSPS) is 12.2. The number of benzene rings is 1. The van der Waals surface area contributed by atoms with Crippen LogP contribution in [-0.2, 0) is 6.42 Å². The maximum absolute atomic E-state index is 9.96. The van der Waals surface area contributed by atoms with Crippen molar-refractivity contribution in [1.29, 1.82) is 0 Å². The average molecular weight is 464 g/mol. The van der Waals surface area contributed by atoms with E-state index in [0.717, 1.165) is 45.2 Å². The number of hydrogen-bond acceptors (Lipinski definition) is 9. The molecule has 34 heavy (non-hydrogen) atoms. The molecule has 0 fully saturated rings. The summed E-state index contributed by atoms with van der Waals surface area (Å²) in [5.41, 5.74) is 5.76. The van der Waals surface area contributed by atoms with Crippen molar-refractivity contribution >= 4 is 0 Å². The fourth-order valence-electron chi connectivity index (χ4n) is 3.81. The summed E-state index contributed by atoms with van der Waals surface area (Å²) in [7, 11) is 1.78. The van der Waals surface area contributed by atoms with Crippen molar-refractivity contribution in [2.45, 2.75) is 40.2 Å². The molecular weight excluding hydrogens is 434 g/mol. The van der Waals surface area contributed by atoms with Crippen molar-refractivity contribution in [3.05, 3.63) is 64.5 Å². The minimum Gasteiger partial charge on any atom is -0.491 e. The zero-order valence-corrected chi connectivity index (χ0v) is 20.0. The fourth-order valence-corrected chi connectivity index (χ4v) is 3.81. The molecule has 9 nitrogen and oxygen atoms in total. The van der Waals surface area contributed by atoms with E-state index in [1.54, 1.807) is 7.05 Å². The van der Waals surface area contributed by atoms with Gasteiger partial charge in [-0.3, -0.25) is 0 Å². The van der Waals surface area contributed by atoms with Crippen LogP contribution in [-0.4, -0.2) is 51.7 Å². The molecule has 0 spiro atoms. The third-order valence-electron chi connectivity index (χ3n) is 5.52. The van der Waals surface area contributed by atoms with Crippen LogP contribution in [0.1, 0.15) is 34.2 Å². The molecule has 0 saturated carbocycles. The van der Waals surface area contributed by atoms with Gasteiger partial charge in [0.25, 0.3) is 0 Å². The second-order valence-corrected chi connectivity index (χ2v) is 8.32. The molecule has 0 radical (unpaired) electrons. The van der Waals surface area contributed by atoms with Crippen molar-refractivity contribution in [2.75, 3.05) is 20.2 Å². The largest absolute Gasteiger partial charge is 0.491 e. The van der Waals surface area contributed by atoms with Crippen LogP contribution in [0.15, 0.2) is 39.4 Å². The quantitative estimate of drug-likeness (QED) is 0.384. The maximum atomic E-state index is 9.96. The van der Waals surface area contributed by atoms with Gasteiger partial charge in [0.05, 0.1) is 28.3 Å².